The molecule has 2 aliphatic rings. The Labute approximate surface area is 139 Å². The van der Waals surface area contributed by atoms with E-state index >= 15 is 0 Å². The smallest absolute Gasteiger partial charge is 0.410 e. The van der Waals surface area contributed by atoms with Crippen molar-refractivity contribution in [1.29, 1.82) is 0 Å². The molecule has 2 saturated heterocycles. The summed E-state index contributed by atoms with van der Waals surface area (Å²) in [6.07, 6.45) is 4.16. The van der Waals surface area contributed by atoms with Gasteiger partial charge < -0.3 is 15.0 Å². The van der Waals surface area contributed by atoms with Crippen molar-refractivity contribution in [3.63, 3.8) is 0 Å². The summed E-state index contributed by atoms with van der Waals surface area (Å²) in [6.45, 7) is 4.42. The number of cyclic esters (lactones) is 1. The fourth-order valence-electron chi connectivity index (χ4n) is 3.24. The normalized spacial score (nSPS) is 25.7. The molecule has 0 aromatic carbocycles. The van der Waals surface area contributed by atoms with Gasteiger partial charge in [-0.05, 0) is 26.7 Å². The van der Waals surface area contributed by atoms with Gasteiger partial charge in [0.1, 0.15) is 5.60 Å². The molecule has 0 aliphatic carbocycles. The molecule has 23 heavy (non-hydrogen) atoms. The van der Waals surface area contributed by atoms with E-state index in [4.69, 9.17) is 16.3 Å². The molecule has 3 heterocycles. The second kappa shape index (κ2) is 5.96. The molecular weight excluding hydrogens is 320 g/mol. The minimum Gasteiger partial charge on any atom is -0.441 e. The largest absolute Gasteiger partial charge is 0.441 e. The highest BCUT2D eigenvalue weighted by atomic mass is 35.5. The average molecular weight is 339 g/mol. The Hall–Kier alpha value is -1.89. The zero-order valence-electron chi connectivity index (χ0n) is 13.1. The molecule has 124 valence electrons. The van der Waals surface area contributed by atoms with Gasteiger partial charge in [-0.2, -0.15) is 0 Å². The maximum absolute atomic E-state index is 12.4. The number of piperidine rings is 1. The van der Waals surface area contributed by atoms with E-state index in [2.05, 4.69) is 15.3 Å². The van der Waals surface area contributed by atoms with Crippen molar-refractivity contribution < 1.29 is 14.3 Å². The first kappa shape index (κ1) is 16.0. The summed E-state index contributed by atoms with van der Waals surface area (Å²) in [4.78, 5) is 34.0. The fraction of sp³-hybridized carbons (Fsp3) is 0.600. The maximum Gasteiger partial charge on any atom is 0.410 e. The highest BCUT2D eigenvalue weighted by molar-refractivity contribution is 6.29. The van der Waals surface area contributed by atoms with Gasteiger partial charge in [-0.25, -0.2) is 9.78 Å². The van der Waals surface area contributed by atoms with Crippen LogP contribution in [-0.2, 0) is 16.1 Å². The Morgan fingerprint density at radius 3 is 2.91 bits per heavy atom. The molecule has 2 fully saturated rings. The predicted octanol–water partition coefficient (Wildman–Crippen LogP) is 1.76. The van der Waals surface area contributed by atoms with E-state index in [1.807, 2.05) is 13.8 Å². The van der Waals surface area contributed by atoms with Crippen LogP contribution in [0.25, 0.3) is 0 Å². The number of halogens is 1. The summed E-state index contributed by atoms with van der Waals surface area (Å²) >= 11 is 5.92. The molecule has 1 aromatic heterocycles. The minimum absolute atomic E-state index is 0.0356. The molecule has 0 unspecified atom stereocenters. The molecule has 2 aliphatic heterocycles. The first-order valence-electron chi connectivity index (χ1n) is 7.61. The summed E-state index contributed by atoms with van der Waals surface area (Å²) < 4.78 is 5.39. The highest BCUT2D eigenvalue weighted by Crippen LogP contribution is 2.37. The van der Waals surface area contributed by atoms with Gasteiger partial charge in [-0.15, -0.1) is 0 Å². The van der Waals surface area contributed by atoms with E-state index in [0.29, 0.717) is 12.2 Å². The number of amides is 2. The Kier molecular flexibility index (Phi) is 4.14. The first-order chi connectivity index (χ1) is 10.9. The Bertz CT molecular complexity index is 637. The number of carbonyl (C=O) groups is 2. The zero-order chi connectivity index (χ0) is 16.6. The van der Waals surface area contributed by atoms with Gasteiger partial charge in [-0.1, -0.05) is 11.6 Å². The summed E-state index contributed by atoms with van der Waals surface area (Å²) in [6, 6.07) is 0.0356. The van der Waals surface area contributed by atoms with Crippen molar-refractivity contribution >= 4 is 23.6 Å². The minimum atomic E-state index is -0.494. The number of carbonyl (C=O) groups excluding carboxylic acids is 2. The van der Waals surface area contributed by atoms with Crippen LogP contribution in [0.15, 0.2) is 12.4 Å². The number of hydrogen-bond acceptors (Lipinski definition) is 5. The summed E-state index contributed by atoms with van der Waals surface area (Å²) in [5.41, 5.74) is 0.0315. The molecule has 3 rings (SSSR count). The van der Waals surface area contributed by atoms with Crippen LogP contribution in [0.1, 0.15) is 32.4 Å². The molecule has 1 N–H and O–H groups in total. The molecule has 0 bridgehead atoms. The van der Waals surface area contributed by atoms with Gasteiger partial charge in [0.25, 0.3) is 0 Å². The molecule has 0 spiro atoms. The van der Waals surface area contributed by atoms with Crippen LogP contribution < -0.4 is 5.32 Å². The van der Waals surface area contributed by atoms with Crippen LogP contribution in [0.5, 0.6) is 0 Å². The molecule has 0 saturated carbocycles. The number of rotatable bonds is 3. The topological polar surface area (TPSA) is 84.4 Å². The molecule has 2 amide bonds. The van der Waals surface area contributed by atoms with Crippen molar-refractivity contribution in [2.45, 2.75) is 44.9 Å². The summed E-state index contributed by atoms with van der Waals surface area (Å²) in [5.74, 6) is -0.356. The molecule has 8 heteroatoms. The third kappa shape index (κ3) is 3.10. The van der Waals surface area contributed by atoms with Crippen molar-refractivity contribution in [1.82, 2.24) is 20.2 Å². The van der Waals surface area contributed by atoms with Gasteiger partial charge in [0.05, 0.1) is 24.2 Å². The van der Waals surface area contributed by atoms with E-state index < -0.39 is 5.60 Å². The number of nitrogens with zero attached hydrogens (tertiary/aromatic N) is 3. The standard InChI is InChI=1S/C15H19ClN4O3/c1-15(2)11-4-3-9(8-20(11)14(22)23-15)13(21)19-7-10-12(16)18-6-5-17-10/h5-6,9,11H,3-4,7-8H2,1-2H3,(H,19,21)/t9-,11+/m1/s1. The molecule has 0 radical (unpaired) electrons. The molecular formula is C15H19ClN4O3. The Morgan fingerprint density at radius 1 is 1.43 bits per heavy atom. The van der Waals surface area contributed by atoms with Crippen molar-refractivity contribution in [2.75, 3.05) is 6.54 Å². The third-order valence-electron chi connectivity index (χ3n) is 4.49. The van der Waals surface area contributed by atoms with Crippen LogP contribution in [0.2, 0.25) is 5.15 Å². The number of hydrogen-bond donors (Lipinski definition) is 1. The SMILES string of the molecule is CC1(C)OC(=O)N2C[C@H](C(=O)NCc3nccnc3Cl)CC[C@H]21. The molecule has 2 atom stereocenters. The quantitative estimate of drug-likeness (QED) is 0.907. The second-order valence-corrected chi connectivity index (χ2v) is 6.78. The van der Waals surface area contributed by atoms with Crippen molar-refractivity contribution in [3.8, 4) is 0 Å². The van der Waals surface area contributed by atoms with Gasteiger partial charge in [0.15, 0.2) is 5.15 Å². The lowest BCUT2D eigenvalue weighted by atomic mass is 9.86. The number of nitrogens with one attached hydrogen (secondary N) is 1. The van der Waals surface area contributed by atoms with Crippen molar-refractivity contribution in [2.24, 2.45) is 5.92 Å². The zero-order valence-corrected chi connectivity index (χ0v) is 13.8. The maximum atomic E-state index is 12.4. The number of aromatic nitrogens is 2. The molecule has 7 nitrogen and oxygen atoms in total. The van der Waals surface area contributed by atoms with Gasteiger partial charge in [0, 0.05) is 18.9 Å². The molecule has 1 aromatic rings. The van der Waals surface area contributed by atoms with Gasteiger partial charge in [-0.3, -0.25) is 9.78 Å². The Balaban J connectivity index is 1.60. The third-order valence-corrected chi connectivity index (χ3v) is 4.81. The number of ether oxygens (including phenoxy) is 1. The van der Waals surface area contributed by atoms with Crippen LogP contribution in [-0.4, -0.2) is 45.1 Å². The van der Waals surface area contributed by atoms with Gasteiger partial charge in [0.2, 0.25) is 5.91 Å². The van der Waals surface area contributed by atoms with Crippen LogP contribution in [0.4, 0.5) is 4.79 Å². The van der Waals surface area contributed by atoms with Crippen LogP contribution in [0.3, 0.4) is 0 Å². The van der Waals surface area contributed by atoms with Gasteiger partial charge >= 0.3 is 6.09 Å². The summed E-state index contributed by atoms with van der Waals surface area (Å²) in [5, 5.41) is 3.10. The Morgan fingerprint density at radius 2 is 2.17 bits per heavy atom. The first-order valence-corrected chi connectivity index (χ1v) is 7.99. The fourth-order valence-corrected chi connectivity index (χ4v) is 3.42. The lowest BCUT2D eigenvalue weighted by Gasteiger charge is -2.36. The highest BCUT2D eigenvalue weighted by Gasteiger charge is 2.50. The van der Waals surface area contributed by atoms with E-state index in [-0.39, 0.29) is 35.7 Å². The van der Waals surface area contributed by atoms with E-state index in [1.54, 1.807) is 4.90 Å². The number of fused-ring (bicyclic) bond motifs is 1. The monoisotopic (exact) mass is 338 g/mol. The van der Waals surface area contributed by atoms with Crippen LogP contribution >= 0.6 is 11.6 Å². The predicted molar refractivity (Wildman–Crippen MR) is 82.7 cm³/mol. The average Bonchev–Trinajstić information content (AvgIpc) is 2.75. The van der Waals surface area contributed by atoms with E-state index in [1.165, 1.54) is 12.4 Å². The second-order valence-electron chi connectivity index (χ2n) is 6.43. The van der Waals surface area contributed by atoms with Crippen LogP contribution in [0, 0.1) is 5.92 Å². The van der Waals surface area contributed by atoms with E-state index in [9.17, 15) is 9.59 Å². The lowest BCUT2D eigenvalue weighted by Crippen LogP contribution is -2.50. The summed E-state index contributed by atoms with van der Waals surface area (Å²) in [7, 11) is 0. The lowest BCUT2D eigenvalue weighted by molar-refractivity contribution is -0.127. The van der Waals surface area contributed by atoms with E-state index in [0.717, 1.165) is 12.8 Å². The van der Waals surface area contributed by atoms with Crippen molar-refractivity contribution in [3.05, 3.63) is 23.2 Å².